The number of anilines is 3. The van der Waals surface area contributed by atoms with Crippen LogP contribution in [0.1, 0.15) is 65.1 Å². The van der Waals surface area contributed by atoms with Crippen molar-refractivity contribution in [2.24, 2.45) is 0 Å². The minimum Gasteiger partial charge on any atom is -0.465 e. The largest absolute Gasteiger partial charge is 0.465 e. The van der Waals surface area contributed by atoms with Gasteiger partial charge in [-0.15, -0.1) is 5.10 Å². The fraction of sp³-hybridized carbons (Fsp3) is 0.389. The number of esters is 2. The molecule has 11 nitrogen and oxygen atoms in total. The minimum absolute atomic E-state index is 0.259. The fourth-order valence-electron chi connectivity index (χ4n) is 6.21. The van der Waals surface area contributed by atoms with Gasteiger partial charge in [0.1, 0.15) is 0 Å². The molecule has 0 fully saturated rings. The van der Waals surface area contributed by atoms with Crippen LogP contribution in [0.25, 0.3) is 11.5 Å². The van der Waals surface area contributed by atoms with Crippen LogP contribution in [-0.4, -0.2) is 68.1 Å². The standard InChI is InChI=1S/C13H15N3O2.C13H17NO2.C10H11NO2/c1-8(2)16-6-5-9-7-10(3-4-11(9)16)12-14-15-13(17)18-12;1-9(2)14-7-6-10-8-11(13(15)16-3)4-5-12(10)14;1-13-10(12)8-2-3-9-7(6-8)4-5-11-9/h3-4,7-8H,5-6H2,1-2H3,(H,15,17);4-5,8-9H,6-7H2,1-3H3;2-3,6,11H,4-5H2,1H3. The van der Waals surface area contributed by atoms with Gasteiger partial charge in [-0.3, -0.25) is 0 Å². The smallest absolute Gasteiger partial charge is 0.434 e. The SMILES string of the molecule is CC(C)N1CCc2cc(-c3n[nH]c(=O)o3)ccc21.COC(=O)c1ccc2c(c1)CCN2.COC(=O)c1ccc2c(c1)CCN2C(C)C. The van der Waals surface area contributed by atoms with Crippen molar-refractivity contribution in [3.8, 4) is 11.5 Å². The number of rotatable bonds is 5. The van der Waals surface area contributed by atoms with Gasteiger partial charge in [0.2, 0.25) is 5.89 Å². The van der Waals surface area contributed by atoms with Gasteiger partial charge in [0.15, 0.2) is 0 Å². The van der Waals surface area contributed by atoms with Crippen LogP contribution in [0.15, 0.2) is 63.8 Å². The first-order valence-corrected chi connectivity index (χ1v) is 16.0. The molecule has 0 saturated heterocycles. The van der Waals surface area contributed by atoms with Crippen molar-refractivity contribution in [1.29, 1.82) is 0 Å². The van der Waals surface area contributed by atoms with Crippen molar-refractivity contribution in [2.45, 2.75) is 59.0 Å². The third-order valence-corrected chi connectivity index (χ3v) is 8.61. The molecule has 4 aromatic rings. The van der Waals surface area contributed by atoms with Crippen LogP contribution in [-0.2, 0) is 28.7 Å². The molecular formula is C36H43N5O6. The van der Waals surface area contributed by atoms with E-state index < -0.39 is 5.76 Å². The highest BCUT2D eigenvalue weighted by Gasteiger charge is 2.23. The lowest BCUT2D eigenvalue weighted by Gasteiger charge is -2.23. The third kappa shape index (κ3) is 7.51. The molecule has 0 bridgehead atoms. The number of fused-ring (bicyclic) bond motifs is 3. The van der Waals surface area contributed by atoms with E-state index in [1.165, 1.54) is 42.3 Å². The summed E-state index contributed by atoms with van der Waals surface area (Å²) in [6, 6.07) is 18.5. The van der Waals surface area contributed by atoms with Crippen LogP contribution in [0.3, 0.4) is 0 Å². The summed E-state index contributed by atoms with van der Waals surface area (Å²) in [7, 11) is 2.81. The number of nitrogens with zero attached hydrogens (tertiary/aromatic N) is 3. The number of hydrogen-bond acceptors (Lipinski definition) is 10. The zero-order valence-corrected chi connectivity index (χ0v) is 27.9. The first-order valence-electron chi connectivity index (χ1n) is 16.0. The molecule has 248 valence electrons. The van der Waals surface area contributed by atoms with Crippen molar-refractivity contribution >= 4 is 29.0 Å². The van der Waals surface area contributed by atoms with Gasteiger partial charge in [0.05, 0.1) is 25.3 Å². The molecule has 0 aliphatic carbocycles. The van der Waals surface area contributed by atoms with E-state index in [-0.39, 0.29) is 11.9 Å². The van der Waals surface area contributed by atoms with Gasteiger partial charge in [-0.2, -0.15) is 0 Å². The number of carbonyl (C=O) groups excluding carboxylic acids is 2. The van der Waals surface area contributed by atoms with Crippen LogP contribution < -0.4 is 20.9 Å². The van der Waals surface area contributed by atoms with E-state index >= 15 is 0 Å². The predicted octanol–water partition coefficient (Wildman–Crippen LogP) is 5.49. The normalized spacial score (nSPS) is 14.0. The maximum atomic E-state index is 11.4. The topological polar surface area (TPSA) is 130 Å². The van der Waals surface area contributed by atoms with Crippen LogP contribution in [0.2, 0.25) is 0 Å². The number of aromatic nitrogens is 2. The second-order valence-corrected chi connectivity index (χ2v) is 12.2. The van der Waals surface area contributed by atoms with Gasteiger partial charge < -0.3 is 29.0 Å². The number of ether oxygens (including phenoxy) is 2. The zero-order valence-electron chi connectivity index (χ0n) is 27.9. The summed E-state index contributed by atoms with van der Waals surface area (Å²) in [6.45, 7) is 11.8. The maximum absolute atomic E-state index is 11.4. The fourth-order valence-corrected chi connectivity index (χ4v) is 6.21. The molecule has 47 heavy (non-hydrogen) atoms. The maximum Gasteiger partial charge on any atom is 0.434 e. The van der Waals surface area contributed by atoms with Gasteiger partial charge in [0, 0.05) is 54.3 Å². The van der Waals surface area contributed by atoms with Crippen molar-refractivity contribution < 1.29 is 23.5 Å². The number of nitrogens with one attached hydrogen (secondary N) is 2. The highest BCUT2D eigenvalue weighted by Crippen LogP contribution is 2.33. The number of carbonyl (C=O) groups is 2. The number of methoxy groups -OCH3 is 2. The summed E-state index contributed by atoms with van der Waals surface area (Å²) in [4.78, 5) is 38.2. The molecule has 3 aliphatic rings. The summed E-state index contributed by atoms with van der Waals surface area (Å²) in [6.07, 6.45) is 3.02. The molecule has 0 radical (unpaired) electrons. The van der Waals surface area contributed by atoms with Crippen molar-refractivity contribution in [3.05, 3.63) is 93.0 Å². The van der Waals surface area contributed by atoms with Crippen molar-refractivity contribution in [1.82, 2.24) is 10.2 Å². The molecule has 11 heteroatoms. The zero-order chi connectivity index (χ0) is 33.7. The summed E-state index contributed by atoms with van der Waals surface area (Å²) >= 11 is 0. The summed E-state index contributed by atoms with van der Waals surface area (Å²) in [5.41, 5.74) is 9.50. The Morgan fingerprint density at radius 2 is 1.32 bits per heavy atom. The molecular weight excluding hydrogens is 598 g/mol. The van der Waals surface area contributed by atoms with Crippen LogP contribution in [0.5, 0.6) is 0 Å². The van der Waals surface area contributed by atoms with Gasteiger partial charge in [-0.05, 0) is 118 Å². The van der Waals surface area contributed by atoms with E-state index in [1.54, 1.807) is 6.07 Å². The van der Waals surface area contributed by atoms with E-state index in [0.717, 1.165) is 50.1 Å². The summed E-state index contributed by atoms with van der Waals surface area (Å²) < 4.78 is 14.3. The lowest BCUT2D eigenvalue weighted by atomic mass is 10.1. The Hall–Kier alpha value is -5.06. The van der Waals surface area contributed by atoms with Gasteiger partial charge >= 0.3 is 17.7 Å². The Kier molecular flexibility index (Phi) is 10.3. The Morgan fingerprint density at radius 3 is 1.87 bits per heavy atom. The number of H-pyrrole nitrogens is 1. The lowest BCUT2D eigenvalue weighted by molar-refractivity contribution is 0.0592. The molecule has 3 aromatic carbocycles. The molecule has 7 rings (SSSR count). The van der Waals surface area contributed by atoms with Crippen molar-refractivity contribution in [2.75, 3.05) is 49.0 Å². The lowest BCUT2D eigenvalue weighted by Crippen LogP contribution is -2.28. The number of benzene rings is 3. The van der Waals surface area contributed by atoms with E-state index in [0.29, 0.717) is 29.1 Å². The van der Waals surface area contributed by atoms with E-state index in [1.807, 2.05) is 36.4 Å². The van der Waals surface area contributed by atoms with Gasteiger partial charge in [0.25, 0.3) is 0 Å². The molecule has 0 atom stereocenters. The first-order chi connectivity index (χ1) is 22.6. The minimum atomic E-state index is -0.519. The average molecular weight is 642 g/mol. The Labute approximate surface area is 274 Å². The van der Waals surface area contributed by atoms with Crippen LogP contribution in [0, 0.1) is 0 Å². The number of aromatic amines is 1. The van der Waals surface area contributed by atoms with Crippen molar-refractivity contribution in [3.63, 3.8) is 0 Å². The summed E-state index contributed by atoms with van der Waals surface area (Å²) in [5, 5.41) is 9.36. The molecule has 0 spiro atoms. The second kappa shape index (κ2) is 14.6. The third-order valence-electron chi connectivity index (χ3n) is 8.61. The summed E-state index contributed by atoms with van der Waals surface area (Å²) in [5.74, 6) is -0.694. The molecule has 0 saturated carbocycles. The molecule has 0 unspecified atom stereocenters. The van der Waals surface area contributed by atoms with Crippen LogP contribution >= 0.6 is 0 Å². The first kappa shape index (κ1) is 33.3. The highest BCUT2D eigenvalue weighted by atomic mass is 16.5. The molecule has 1 aromatic heterocycles. The molecule has 2 N–H and O–H groups in total. The Morgan fingerprint density at radius 1 is 0.766 bits per heavy atom. The molecule has 4 heterocycles. The molecule has 0 amide bonds. The number of hydrogen-bond donors (Lipinski definition) is 2. The highest BCUT2D eigenvalue weighted by molar-refractivity contribution is 5.91. The monoisotopic (exact) mass is 641 g/mol. The quantitative estimate of drug-likeness (QED) is 0.270. The van der Waals surface area contributed by atoms with Gasteiger partial charge in [-0.25, -0.2) is 19.5 Å². The van der Waals surface area contributed by atoms with Gasteiger partial charge in [-0.1, -0.05) is 0 Å². The van der Waals surface area contributed by atoms with E-state index in [4.69, 9.17) is 9.15 Å². The van der Waals surface area contributed by atoms with E-state index in [9.17, 15) is 14.4 Å². The predicted molar refractivity (Wildman–Crippen MR) is 183 cm³/mol. The second-order valence-electron chi connectivity index (χ2n) is 12.2. The van der Waals surface area contributed by atoms with Crippen LogP contribution in [0.4, 0.5) is 17.1 Å². The average Bonchev–Trinajstić information content (AvgIpc) is 3.89. The Balaban J connectivity index is 0.000000140. The Bertz CT molecular complexity index is 1790. The van der Waals surface area contributed by atoms with E-state index in [2.05, 4.69) is 69.9 Å². The molecule has 3 aliphatic heterocycles.